The van der Waals surface area contributed by atoms with E-state index in [2.05, 4.69) is 10.3 Å². The van der Waals surface area contributed by atoms with Crippen molar-refractivity contribution in [2.24, 2.45) is 0 Å². The van der Waals surface area contributed by atoms with Gasteiger partial charge in [0.15, 0.2) is 0 Å². The second-order valence-corrected chi connectivity index (χ2v) is 7.69. The van der Waals surface area contributed by atoms with Crippen molar-refractivity contribution < 1.29 is 22.7 Å². The maximum absolute atomic E-state index is 12.6. The number of rotatable bonds is 9. The highest BCUT2D eigenvalue weighted by Crippen LogP contribution is 2.21. The Hall–Kier alpha value is -3.00. The first-order chi connectivity index (χ1) is 13.4. The molecule has 2 rings (SSSR count). The topological polar surface area (TPSA) is 122 Å². The number of carbonyl (C=O) groups excluding carboxylic acids is 1. The molecular weight excluding hydrogens is 384 g/mol. The first kappa shape index (κ1) is 21.3. The minimum absolute atomic E-state index is 0.00762. The number of carbonyl (C=O) groups is 1. The number of hydrogen-bond acceptors (Lipinski definition) is 7. The van der Waals surface area contributed by atoms with Gasteiger partial charge < -0.3 is 14.8 Å². The Labute approximate surface area is 163 Å². The summed E-state index contributed by atoms with van der Waals surface area (Å²) >= 11 is 0. The summed E-state index contributed by atoms with van der Waals surface area (Å²) in [6.45, 7) is 0.202. The third-order valence-electron chi connectivity index (χ3n) is 3.63. The molecule has 1 heterocycles. The molecule has 0 spiro atoms. The van der Waals surface area contributed by atoms with Crippen LogP contribution in [0.3, 0.4) is 0 Å². The number of sulfonamides is 1. The van der Waals surface area contributed by atoms with E-state index in [9.17, 15) is 13.2 Å². The summed E-state index contributed by atoms with van der Waals surface area (Å²) in [5, 5.41) is 11.4. The molecular formula is C18H20N4O5S. The third-order valence-corrected chi connectivity index (χ3v) is 5.45. The lowest BCUT2D eigenvalue weighted by molar-refractivity contribution is -0.116. The van der Waals surface area contributed by atoms with Gasteiger partial charge in [0.1, 0.15) is 12.3 Å². The molecule has 0 unspecified atom stereocenters. The summed E-state index contributed by atoms with van der Waals surface area (Å²) in [6, 6.07) is 10.6. The number of benzene rings is 1. The van der Waals surface area contributed by atoms with Crippen molar-refractivity contribution in [3.05, 3.63) is 48.2 Å². The molecule has 28 heavy (non-hydrogen) atoms. The predicted octanol–water partition coefficient (Wildman–Crippen LogP) is 1.24. The van der Waals surface area contributed by atoms with Gasteiger partial charge in [0, 0.05) is 20.4 Å². The van der Waals surface area contributed by atoms with Crippen molar-refractivity contribution in [1.29, 1.82) is 5.26 Å². The van der Waals surface area contributed by atoms with Gasteiger partial charge in [0.2, 0.25) is 21.8 Å². The van der Waals surface area contributed by atoms with Gasteiger partial charge in [0.05, 0.1) is 29.7 Å². The summed E-state index contributed by atoms with van der Waals surface area (Å²) < 4.78 is 36.4. The van der Waals surface area contributed by atoms with Crippen molar-refractivity contribution in [1.82, 2.24) is 9.29 Å². The van der Waals surface area contributed by atoms with Gasteiger partial charge in [-0.15, -0.1) is 0 Å². The minimum Gasteiger partial charge on any atom is -0.474 e. The SMILES string of the molecule is COCCOc1ncccc1NC(=O)CN(C)S(=O)(=O)c1ccc(C#N)cc1. The van der Waals surface area contributed by atoms with Crippen LogP contribution in [-0.2, 0) is 19.6 Å². The molecule has 0 aliphatic rings. The molecule has 0 saturated carbocycles. The smallest absolute Gasteiger partial charge is 0.243 e. The Kier molecular flexibility index (Phi) is 7.45. The predicted molar refractivity (Wildman–Crippen MR) is 101 cm³/mol. The molecule has 1 amide bonds. The highest BCUT2D eigenvalue weighted by atomic mass is 32.2. The van der Waals surface area contributed by atoms with Crippen LogP contribution < -0.4 is 10.1 Å². The number of likely N-dealkylation sites (N-methyl/N-ethyl adjacent to an activating group) is 1. The summed E-state index contributed by atoms with van der Waals surface area (Å²) in [4.78, 5) is 16.4. The molecule has 0 saturated heterocycles. The van der Waals surface area contributed by atoms with Gasteiger partial charge in [-0.2, -0.15) is 9.57 Å². The molecule has 0 aliphatic heterocycles. The van der Waals surface area contributed by atoms with Crippen LogP contribution in [-0.4, -0.2) is 57.5 Å². The number of aromatic nitrogens is 1. The summed E-state index contributed by atoms with van der Waals surface area (Å²) in [7, 11) is -1.05. The number of methoxy groups -OCH3 is 1. The van der Waals surface area contributed by atoms with E-state index in [-0.39, 0.29) is 17.4 Å². The van der Waals surface area contributed by atoms with Crippen LogP contribution in [0.25, 0.3) is 0 Å². The van der Waals surface area contributed by atoms with E-state index < -0.39 is 22.5 Å². The fraction of sp³-hybridized carbons (Fsp3) is 0.278. The van der Waals surface area contributed by atoms with Gasteiger partial charge in [-0.05, 0) is 36.4 Å². The third kappa shape index (κ3) is 5.50. The number of nitrogens with one attached hydrogen (secondary N) is 1. The zero-order chi connectivity index (χ0) is 20.6. The van der Waals surface area contributed by atoms with Crippen molar-refractivity contribution in [3.63, 3.8) is 0 Å². The lowest BCUT2D eigenvalue weighted by atomic mass is 10.2. The van der Waals surface area contributed by atoms with Crippen LogP contribution in [0, 0.1) is 11.3 Å². The Bertz CT molecular complexity index is 955. The number of nitrogens with zero attached hydrogens (tertiary/aromatic N) is 3. The van der Waals surface area contributed by atoms with E-state index in [4.69, 9.17) is 14.7 Å². The van der Waals surface area contributed by atoms with Crippen LogP contribution in [0.2, 0.25) is 0 Å². The maximum atomic E-state index is 12.6. The lowest BCUT2D eigenvalue weighted by Gasteiger charge is -2.17. The van der Waals surface area contributed by atoms with Crippen molar-refractivity contribution in [2.45, 2.75) is 4.90 Å². The van der Waals surface area contributed by atoms with Crippen LogP contribution >= 0.6 is 0 Å². The molecule has 10 heteroatoms. The van der Waals surface area contributed by atoms with E-state index in [0.29, 0.717) is 17.9 Å². The fourth-order valence-electron chi connectivity index (χ4n) is 2.18. The molecule has 148 valence electrons. The number of nitriles is 1. The highest BCUT2D eigenvalue weighted by molar-refractivity contribution is 7.89. The van der Waals surface area contributed by atoms with Gasteiger partial charge in [0.25, 0.3) is 0 Å². The number of amides is 1. The Morgan fingerprint density at radius 2 is 1.96 bits per heavy atom. The number of hydrogen-bond donors (Lipinski definition) is 1. The maximum Gasteiger partial charge on any atom is 0.243 e. The zero-order valence-corrected chi connectivity index (χ0v) is 16.3. The molecule has 0 radical (unpaired) electrons. The van der Waals surface area contributed by atoms with Crippen LogP contribution in [0.4, 0.5) is 5.69 Å². The van der Waals surface area contributed by atoms with Crippen LogP contribution in [0.15, 0.2) is 47.5 Å². The molecule has 0 bridgehead atoms. The zero-order valence-electron chi connectivity index (χ0n) is 15.5. The van der Waals surface area contributed by atoms with Crippen molar-refractivity contribution in [3.8, 4) is 11.9 Å². The average Bonchev–Trinajstić information content (AvgIpc) is 2.69. The van der Waals surface area contributed by atoms with E-state index in [1.165, 1.54) is 44.6 Å². The summed E-state index contributed by atoms with van der Waals surface area (Å²) in [5.74, 6) is -0.338. The first-order valence-electron chi connectivity index (χ1n) is 8.21. The molecule has 9 nitrogen and oxygen atoms in total. The standard InChI is InChI=1S/C18H20N4O5S/c1-22(28(24,25)15-7-5-14(12-19)6-8-15)13-17(23)21-16-4-3-9-20-18(16)27-11-10-26-2/h3-9H,10-11,13H2,1-2H3,(H,21,23). The van der Waals surface area contributed by atoms with Crippen LogP contribution in [0.5, 0.6) is 5.88 Å². The second kappa shape index (κ2) is 9.80. The van der Waals surface area contributed by atoms with Crippen molar-refractivity contribution >= 4 is 21.6 Å². The van der Waals surface area contributed by atoms with E-state index in [1.54, 1.807) is 12.1 Å². The average molecular weight is 404 g/mol. The van der Waals surface area contributed by atoms with E-state index in [1.807, 2.05) is 6.07 Å². The Morgan fingerprint density at radius 1 is 1.25 bits per heavy atom. The number of anilines is 1. The molecule has 1 N–H and O–H groups in total. The van der Waals surface area contributed by atoms with Gasteiger partial charge >= 0.3 is 0 Å². The summed E-state index contributed by atoms with van der Waals surface area (Å²) in [6.07, 6.45) is 1.51. The monoisotopic (exact) mass is 404 g/mol. The minimum atomic E-state index is -3.88. The van der Waals surface area contributed by atoms with Crippen LogP contribution in [0.1, 0.15) is 5.56 Å². The van der Waals surface area contributed by atoms with Gasteiger partial charge in [-0.1, -0.05) is 0 Å². The summed E-state index contributed by atoms with van der Waals surface area (Å²) in [5.41, 5.74) is 0.671. The number of ether oxygens (including phenoxy) is 2. The molecule has 0 fully saturated rings. The highest BCUT2D eigenvalue weighted by Gasteiger charge is 2.23. The molecule has 0 aliphatic carbocycles. The van der Waals surface area contributed by atoms with E-state index in [0.717, 1.165) is 4.31 Å². The van der Waals surface area contributed by atoms with Gasteiger partial charge in [-0.3, -0.25) is 4.79 Å². The normalized spacial score (nSPS) is 11.1. The van der Waals surface area contributed by atoms with E-state index >= 15 is 0 Å². The molecule has 1 aromatic carbocycles. The van der Waals surface area contributed by atoms with Crippen molar-refractivity contribution in [2.75, 3.05) is 39.2 Å². The van der Waals surface area contributed by atoms with Gasteiger partial charge in [-0.25, -0.2) is 13.4 Å². The lowest BCUT2D eigenvalue weighted by Crippen LogP contribution is -2.35. The number of pyridine rings is 1. The largest absolute Gasteiger partial charge is 0.474 e. The second-order valence-electron chi connectivity index (χ2n) is 5.64. The Morgan fingerprint density at radius 3 is 2.61 bits per heavy atom. The molecule has 1 aromatic heterocycles. The quantitative estimate of drug-likeness (QED) is 0.624. The first-order valence-corrected chi connectivity index (χ1v) is 9.65. The Balaban J connectivity index is 2.05. The molecule has 0 atom stereocenters. The fourth-order valence-corrected chi connectivity index (χ4v) is 3.31. The molecule has 2 aromatic rings.